The zero-order chi connectivity index (χ0) is 18.8. The van der Waals surface area contributed by atoms with Gasteiger partial charge < -0.3 is 9.15 Å². The number of fused-ring (bicyclic) bond motifs is 1. The first-order chi connectivity index (χ1) is 13.1. The van der Waals surface area contributed by atoms with Gasteiger partial charge in [0.05, 0.1) is 16.8 Å². The van der Waals surface area contributed by atoms with Crippen molar-refractivity contribution in [3.8, 4) is 11.3 Å². The number of aryl methyl sites for hydroxylation is 1. The lowest BCUT2D eigenvalue weighted by Gasteiger charge is -2.13. The number of nitrogens with zero attached hydrogens (tertiary/aromatic N) is 3. The van der Waals surface area contributed by atoms with Crippen LogP contribution in [0.15, 0.2) is 59.0 Å². The van der Waals surface area contributed by atoms with Crippen LogP contribution in [0.3, 0.4) is 0 Å². The molecule has 6 heteroatoms. The Morgan fingerprint density at radius 3 is 2.48 bits per heavy atom. The van der Waals surface area contributed by atoms with Crippen LogP contribution in [0.2, 0.25) is 0 Å². The summed E-state index contributed by atoms with van der Waals surface area (Å²) in [6.45, 7) is 3.50. The monoisotopic (exact) mass is 359 g/mol. The van der Waals surface area contributed by atoms with E-state index in [9.17, 15) is 4.79 Å². The minimum absolute atomic E-state index is 0.0730. The molecule has 4 aromatic rings. The number of benzene rings is 2. The van der Waals surface area contributed by atoms with Gasteiger partial charge in [-0.15, -0.1) is 10.2 Å². The highest BCUT2D eigenvalue weighted by molar-refractivity contribution is 6.06. The molecule has 0 bridgehead atoms. The minimum Gasteiger partial charge on any atom is -0.452 e. The van der Waals surface area contributed by atoms with Crippen molar-refractivity contribution in [3.63, 3.8) is 0 Å². The second-order valence-corrected chi connectivity index (χ2v) is 6.13. The maximum atomic E-state index is 12.9. The van der Waals surface area contributed by atoms with E-state index in [4.69, 9.17) is 14.1 Å². The van der Waals surface area contributed by atoms with Crippen molar-refractivity contribution in [2.45, 2.75) is 20.5 Å². The minimum atomic E-state index is -0.445. The number of hydrogen-bond acceptors (Lipinski definition) is 6. The summed E-state index contributed by atoms with van der Waals surface area (Å²) in [5, 5.41) is 8.35. The number of ether oxygens (including phenoxy) is 1. The van der Waals surface area contributed by atoms with Crippen molar-refractivity contribution < 1.29 is 13.9 Å². The highest BCUT2D eigenvalue weighted by Gasteiger charge is 2.20. The molecule has 2 aromatic heterocycles. The third-order valence-corrected chi connectivity index (χ3v) is 4.28. The molecule has 0 spiro atoms. The van der Waals surface area contributed by atoms with E-state index in [1.165, 1.54) is 0 Å². The second kappa shape index (κ2) is 6.99. The molecule has 134 valence electrons. The number of rotatable bonds is 4. The van der Waals surface area contributed by atoms with Gasteiger partial charge in [-0.3, -0.25) is 0 Å². The summed E-state index contributed by atoms with van der Waals surface area (Å²) in [4.78, 5) is 17.7. The summed E-state index contributed by atoms with van der Waals surface area (Å²) in [6.07, 6.45) is 0. The maximum absolute atomic E-state index is 12.9. The fourth-order valence-electron chi connectivity index (χ4n) is 3.04. The number of pyridine rings is 1. The van der Waals surface area contributed by atoms with Crippen LogP contribution in [-0.4, -0.2) is 21.2 Å². The molecular weight excluding hydrogens is 342 g/mol. The molecule has 0 saturated carbocycles. The van der Waals surface area contributed by atoms with E-state index >= 15 is 0 Å². The number of hydrogen-bond donors (Lipinski definition) is 0. The lowest BCUT2D eigenvalue weighted by molar-refractivity contribution is 0.0438. The van der Waals surface area contributed by atoms with Crippen LogP contribution in [0.1, 0.15) is 27.7 Å². The van der Waals surface area contributed by atoms with Crippen LogP contribution in [0.5, 0.6) is 0 Å². The van der Waals surface area contributed by atoms with E-state index in [2.05, 4.69) is 10.2 Å². The molecule has 0 N–H and O–H groups in total. The zero-order valence-electron chi connectivity index (χ0n) is 15.0. The Morgan fingerprint density at radius 1 is 1.00 bits per heavy atom. The molecule has 0 radical (unpaired) electrons. The number of esters is 1. The molecule has 0 amide bonds. The lowest BCUT2D eigenvalue weighted by Crippen LogP contribution is -2.10. The molecule has 2 heterocycles. The molecule has 0 aliphatic rings. The predicted molar refractivity (Wildman–Crippen MR) is 100 cm³/mol. The zero-order valence-corrected chi connectivity index (χ0v) is 15.0. The van der Waals surface area contributed by atoms with Crippen LogP contribution >= 0.6 is 0 Å². The molecule has 0 fully saturated rings. The Balaban J connectivity index is 1.78. The quantitative estimate of drug-likeness (QED) is 0.507. The number of para-hydroxylation sites is 1. The van der Waals surface area contributed by atoms with Crippen LogP contribution in [0, 0.1) is 13.8 Å². The Labute approximate surface area is 155 Å². The first-order valence-corrected chi connectivity index (χ1v) is 8.54. The van der Waals surface area contributed by atoms with Crippen molar-refractivity contribution in [2.75, 3.05) is 0 Å². The summed E-state index contributed by atoms with van der Waals surface area (Å²) in [5.74, 6) is 0.247. The van der Waals surface area contributed by atoms with Crippen LogP contribution in [0.25, 0.3) is 22.2 Å². The highest BCUT2D eigenvalue weighted by Crippen LogP contribution is 2.30. The van der Waals surface area contributed by atoms with E-state index in [1.807, 2.05) is 61.5 Å². The van der Waals surface area contributed by atoms with Gasteiger partial charge in [0.15, 0.2) is 6.61 Å². The van der Waals surface area contributed by atoms with Gasteiger partial charge in [0.1, 0.15) is 0 Å². The summed E-state index contributed by atoms with van der Waals surface area (Å²) < 4.78 is 10.7. The van der Waals surface area contributed by atoms with Gasteiger partial charge in [-0.1, -0.05) is 48.5 Å². The SMILES string of the molecule is Cc1nnc(COC(=O)c2c(C)c(-c3ccccc3)nc3ccccc23)o1. The maximum Gasteiger partial charge on any atom is 0.339 e. The second-order valence-electron chi connectivity index (χ2n) is 6.13. The number of aromatic nitrogens is 3. The van der Waals surface area contributed by atoms with Gasteiger partial charge in [-0.25, -0.2) is 9.78 Å². The van der Waals surface area contributed by atoms with Crippen LogP contribution in [-0.2, 0) is 11.3 Å². The summed E-state index contributed by atoms with van der Waals surface area (Å²) >= 11 is 0. The molecule has 0 aliphatic heterocycles. The fraction of sp³-hybridized carbons (Fsp3) is 0.143. The molecule has 6 nitrogen and oxygen atoms in total. The van der Waals surface area contributed by atoms with Gasteiger partial charge in [-0.2, -0.15) is 0 Å². The Hall–Kier alpha value is -3.54. The summed E-state index contributed by atoms with van der Waals surface area (Å²) in [7, 11) is 0. The molecule has 0 saturated heterocycles. The van der Waals surface area contributed by atoms with Crippen molar-refractivity contribution in [2.24, 2.45) is 0 Å². The van der Waals surface area contributed by atoms with Crippen LogP contribution < -0.4 is 0 Å². The van der Waals surface area contributed by atoms with E-state index in [0.717, 1.165) is 27.7 Å². The highest BCUT2D eigenvalue weighted by atomic mass is 16.5. The van der Waals surface area contributed by atoms with E-state index < -0.39 is 5.97 Å². The number of carbonyl (C=O) groups is 1. The van der Waals surface area contributed by atoms with Crippen LogP contribution in [0.4, 0.5) is 0 Å². The van der Waals surface area contributed by atoms with Crippen molar-refractivity contribution in [3.05, 3.63) is 77.5 Å². The smallest absolute Gasteiger partial charge is 0.339 e. The average Bonchev–Trinajstić information content (AvgIpc) is 3.11. The first kappa shape index (κ1) is 16.9. The van der Waals surface area contributed by atoms with E-state index in [1.54, 1.807) is 6.92 Å². The average molecular weight is 359 g/mol. The van der Waals surface area contributed by atoms with Gasteiger partial charge in [-0.05, 0) is 18.6 Å². The van der Waals surface area contributed by atoms with Gasteiger partial charge >= 0.3 is 5.97 Å². The van der Waals surface area contributed by atoms with Gasteiger partial charge in [0.25, 0.3) is 5.89 Å². The number of carbonyl (C=O) groups excluding carboxylic acids is 1. The lowest BCUT2D eigenvalue weighted by atomic mass is 9.98. The van der Waals surface area contributed by atoms with E-state index in [-0.39, 0.29) is 12.5 Å². The molecule has 27 heavy (non-hydrogen) atoms. The van der Waals surface area contributed by atoms with Crippen molar-refractivity contribution >= 4 is 16.9 Å². The standard InChI is InChI=1S/C21H17N3O3/c1-13-19(21(25)26-12-18-24-23-14(2)27-18)16-10-6-7-11-17(16)22-20(13)15-8-4-3-5-9-15/h3-11H,12H2,1-2H3. The molecule has 0 unspecified atom stereocenters. The summed E-state index contributed by atoms with van der Waals surface area (Å²) in [5.41, 5.74) is 3.71. The van der Waals surface area contributed by atoms with Gasteiger partial charge in [0.2, 0.25) is 5.89 Å². The Kier molecular flexibility index (Phi) is 4.38. The Morgan fingerprint density at radius 2 is 1.74 bits per heavy atom. The fourth-order valence-corrected chi connectivity index (χ4v) is 3.04. The first-order valence-electron chi connectivity index (χ1n) is 8.54. The summed E-state index contributed by atoms with van der Waals surface area (Å²) in [6, 6.07) is 17.3. The van der Waals surface area contributed by atoms with Crippen molar-refractivity contribution in [1.29, 1.82) is 0 Å². The predicted octanol–water partition coefficient (Wildman–Crippen LogP) is 4.26. The normalized spacial score (nSPS) is 10.9. The van der Waals surface area contributed by atoms with Gasteiger partial charge in [0, 0.05) is 17.9 Å². The third-order valence-electron chi connectivity index (χ3n) is 4.28. The molecular formula is C21H17N3O3. The largest absolute Gasteiger partial charge is 0.452 e. The molecule has 2 aromatic carbocycles. The molecule has 0 atom stereocenters. The topological polar surface area (TPSA) is 78.1 Å². The molecule has 4 rings (SSSR count). The molecule has 0 aliphatic carbocycles. The van der Waals surface area contributed by atoms with E-state index in [0.29, 0.717) is 11.5 Å². The Bertz CT molecular complexity index is 1120. The third kappa shape index (κ3) is 3.29. The van der Waals surface area contributed by atoms with Crippen molar-refractivity contribution in [1.82, 2.24) is 15.2 Å².